The van der Waals surface area contributed by atoms with Crippen molar-refractivity contribution in [2.45, 2.75) is 6.54 Å². The number of amides is 1. The normalized spacial score (nSPS) is 11.6. The van der Waals surface area contributed by atoms with Gasteiger partial charge in [-0.05, 0) is 42.0 Å². The molecule has 2 aromatic rings. The molecule has 0 saturated heterocycles. The number of benzene rings is 2. The van der Waals surface area contributed by atoms with Gasteiger partial charge in [-0.25, -0.2) is 4.39 Å². The molecule has 1 aliphatic rings. The van der Waals surface area contributed by atoms with Gasteiger partial charge < -0.3 is 19.5 Å². The number of halogens is 1. The van der Waals surface area contributed by atoms with E-state index in [2.05, 4.69) is 16.2 Å². The Bertz CT molecular complexity index is 818. The fraction of sp³-hybridized carbons (Fsp3) is 0.176. The molecule has 3 N–H and O–H groups in total. The summed E-state index contributed by atoms with van der Waals surface area (Å²) in [5.41, 5.74) is 5.90. The summed E-state index contributed by atoms with van der Waals surface area (Å²) in [6.07, 6.45) is 0. The molecular formula is C17H16FN3O4S. The van der Waals surface area contributed by atoms with Gasteiger partial charge in [0.25, 0.3) is 5.91 Å². The molecule has 7 nitrogen and oxygen atoms in total. The molecule has 26 heavy (non-hydrogen) atoms. The fourth-order valence-corrected chi connectivity index (χ4v) is 2.27. The van der Waals surface area contributed by atoms with E-state index in [0.717, 1.165) is 5.56 Å². The van der Waals surface area contributed by atoms with E-state index in [-0.39, 0.29) is 24.3 Å². The van der Waals surface area contributed by atoms with Gasteiger partial charge in [0.05, 0.1) is 0 Å². The van der Waals surface area contributed by atoms with Gasteiger partial charge in [-0.1, -0.05) is 12.1 Å². The first-order valence-corrected chi connectivity index (χ1v) is 8.10. The number of nitrogens with one attached hydrogen (secondary N) is 3. The second-order valence-electron chi connectivity index (χ2n) is 5.29. The predicted octanol–water partition coefficient (Wildman–Crippen LogP) is 1.63. The fourth-order valence-electron chi connectivity index (χ4n) is 2.15. The van der Waals surface area contributed by atoms with Crippen LogP contribution in [-0.2, 0) is 11.3 Å². The smallest absolute Gasteiger partial charge is 0.276 e. The van der Waals surface area contributed by atoms with E-state index in [1.54, 1.807) is 6.07 Å². The molecule has 1 heterocycles. The maximum Gasteiger partial charge on any atom is 0.276 e. The van der Waals surface area contributed by atoms with Gasteiger partial charge in [-0.2, -0.15) is 0 Å². The highest BCUT2D eigenvalue weighted by Crippen LogP contribution is 2.32. The second-order valence-corrected chi connectivity index (χ2v) is 5.70. The van der Waals surface area contributed by atoms with E-state index in [1.807, 2.05) is 18.2 Å². The molecule has 2 aromatic carbocycles. The van der Waals surface area contributed by atoms with Crippen LogP contribution in [0.25, 0.3) is 0 Å². The Morgan fingerprint density at radius 1 is 1.15 bits per heavy atom. The first-order chi connectivity index (χ1) is 12.6. The Morgan fingerprint density at radius 2 is 2.00 bits per heavy atom. The minimum absolute atomic E-state index is 0.218. The van der Waals surface area contributed by atoms with Crippen LogP contribution in [0.3, 0.4) is 0 Å². The lowest BCUT2D eigenvalue weighted by Gasteiger charge is -2.12. The Balaban J connectivity index is 1.36. The Labute approximate surface area is 154 Å². The summed E-state index contributed by atoms with van der Waals surface area (Å²) in [7, 11) is 0. The number of hydrazine groups is 1. The lowest BCUT2D eigenvalue weighted by atomic mass is 10.2. The zero-order valence-electron chi connectivity index (χ0n) is 13.6. The molecule has 0 fully saturated rings. The molecule has 0 unspecified atom stereocenters. The van der Waals surface area contributed by atoms with Crippen molar-refractivity contribution >= 4 is 23.2 Å². The Kier molecular flexibility index (Phi) is 5.69. The predicted molar refractivity (Wildman–Crippen MR) is 95.2 cm³/mol. The number of fused-ring (bicyclic) bond motifs is 1. The monoisotopic (exact) mass is 377 g/mol. The lowest BCUT2D eigenvalue weighted by Crippen LogP contribution is -2.48. The van der Waals surface area contributed by atoms with Crippen molar-refractivity contribution < 1.29 is 23.4 Å². The molecule has 0 radical (unpaired) electrons. The van der Waals surface area contributed by atoms with Crippen LogP contribution in [0.1, 0.15) is 5.56 Å². The molecular weight excluding hydrogens is 361 g/mol. The maximum absolute atomic E-state index is 13.0. The van der Waals surface area contributed by atoms with Gasteiger partial charge in [0.1, 0.15) is 11.6 Å². The third-order valence-corrected chi connectivity index (χ3v) is 3.62. The molecule has 0 bridgehead atoms. The maximum atomic E-state index is 13.0. The SMILES string of the molecule is O=C(COc1cccc(F)c1)NNC(=S)NCc1ccc2c(c1)OCO2. The third-order valence-electron chi connectivity index (χ3n) is 3.37. The Morgan fingerprint density at radius 3 is 2.85 bits per heavy atom. The quantitative estimate of drug-likeness (QED) is 0.540. The van der Waals surface area contributed by atoms with Crippen molar-refractivity contribution in [3.63, 3.8) is 0 Å². The van der Waals surface area contributed by atoms with E-state index in [0.29, 0.717) is 18.0 Å². The van der Waals surface area contributed by atoms with Crippen LogP contribution < -0.4 is 30.4 Å². The Hall–Kier alpha value is -3.07. The summed E-state index contributed by atoms with van der Waals surface area (Å²) < 4.78 is 28.7. The van der Waals surface area contributed by atoms with Gasteiger partial charge in [0, 0.05) is 12.6 Å². The molecule has 0 spiro atoms. The molecule has 3 rings (SSSR count). The summed E-state index contributed by atoms with van der Waals surface area (Å²) >= 11 is 5.08. The number of rotatable bonds is 5. The van der Waals surface area contributed by atoms with Crippen molar-refractivity contribution in [1.82, 2.24) is 16.2 Å². The number of hydrogen-bond acceptors (Lipinski definition) is 5. The average molecular weight is 377 g/mol. The summed E-state index contributed by atoms with van der Waals surface area (Å²) in [6.45, 7) is 0.384. The van der Waals surface area contributed by atoms with Crippen LogP contribution in [0.15, 0.2) is 42.5 Å². The van der Waals surface area contributed by atoms with Gasteiger partial charge >= 0.3 is 0 Å². The zero-order chi connectivity index (χ0) is 18.4. The van der Waals surface area contributed by atoms with Crippen molar-refractivity contribution in [1.29, 1.82) is 0 Å². The van der Waals surface area contributed by atoms with E-state index >= 15 is 0 Å². The molecule has 9 heteroatoms. The largest absolute Gasteiger partial charge is 0.484 e. The van der Waals surface area contributed by atoms with Crippen molar-refractivity contribution in [2.75, 3.05) is 13.4 Å². The topological polar surface area (TPSA) is 80.9 Å². The first-order valence-electron chi connectivity index (χ1n) is 7.70. The molecule has 1 amide bonds. The third kappa shape index (κ3) is 4.96. The molecule has 0 saturated carbocycles. The highest BCUT2D eigenvalue weighted by atomic mass is 32.1. The van der Waals surface area contributed by atoms with Crippen LogP contribution in [0.2, 0.25) is 0 Å². The number of carbonyl (C=O) groups is 1. The number of thiocarbonyl (C=S) groups is 1. The zero-order valence-corrected chi connectivity index (χ0v) is 14.4. The number of ether oxygens (including phenoxy) is 3. The highest BCUT2D eigenvalue weighted by Gasteiger charge is 2.13. The molecule has 136 valence electrons. The summed E-state index contributed by atoms with van der Waals surface area (Å²) in [4.78, 5) is 11.7. The van der Waals surface area contributed by atoms with Gasteiger partial charge in [-0.15, -0.1) is 0 Å². The summed E-state index contributed by atoms with van der Waals surface area (Å²) in [5.74, 6) is 0.770. The molecule has 0 atom stereocenters. The van der Waals surface area contributed by atoms with E-state index in [9.17, 15) is 9.18 Å². The highest BCUT2D eigenvalue weighted by molar-refractivity contribution is 7.80. The standard InChI is InChI=1S/C17H16FN3O4S/c18-12-2-1-3-13(7-12)23-9-16(22)20-21-17(26)19-8-11-4-5-14-15(6-11)25-10-24-14/h1-7H,8-10H2,(H,20,22)(H2,19,21,26). The molecule has 1 aliphatic heterocycles. The summed E-state index contributed by atoms with van der Waals surface area (Å²) in [6, 6.07) is 11.1. The number of hydrogen-bond donors (Lipinski definition) is 3. The van der Waals surface area contributed by atoms with E-state index < -0.39 is 11.7 Å². The van der Waals surface area contributed by atoms with Crippen LogP contribution in [0.5, 0.6) is 17.2 Å². The minimum Gasteiger partial charge on any atom is -0.484 e. The lowest BCUT2D eigenvalue weighted by molar-refractivity contribution is -0.123. The van der Waals surface area contributed by atoms with Crippen LogP contribution in [0.4, 0.5) is 4.39 Å². The average Bonchev–Trinajstić information content (AvgIpc) is 3.11. The van der Waals surface area contributed by atoms with Crippen molar-refractivity contribution in [3.8, 4) is 17.2 Å². The van der Waals surface area contributed by atoms with Gasteiger partial charge in [0.2, 0.25) is 6.79 Å². The van der Waals surface area contributed by atoms with E-state index in [1.165, 1.54) is 18.2 Å². The minimum atomic E-state index is -0.457. The van der Waals surface area contributed by atoms with E-state index in [4.69, 9.17) is 26.4 Å². The van der Waals surface area contributed by atoms with Crippen LogP contribution in [-0.4, -0.2) is 24.4 Å². The van der Waals surface area contributed by atoms with Gasteiger partial charge in [-0.3, -0.25) is 15.6 Å². The first kappa shape index (κ1) is 17.7. The summed E-state index contributed by atoms with van der Waals surface area (Å²) in [5, 5.41) is 3.18. The number of carbonyl (C=O) groups excluding carboxylic acids is 1. The van der Waals surface area contributed by atoms with Crippen LogP contribution in [0, 0.1) is 5.82 Å². The second kappa shape index (κ2) is 8.34. The molecule has 0 aromatic heterocycles. The molecule has 0 aliphatic carbocycles. The van der Waals surface area contributed by atoms with Crippen molar-refractivity contribution in [2.24, 2.45) is 0 Å². The van der Waals surface area contributed by atoms with Crippen molar-refractivity contribution in [3.05, 3.63) is 53.8 Å². The van der Waals surface area contributed by atoms with Crippen LogP contribution >= 0.6 is 12.2 Å². The van der Waals surface area contributed by atoms with Gasteiger partial charge in [0.15, 0.2) is 23.2 Å².